The zero-order valence-corrected chi connectivity index (χ0v) is 20.9. The third kappa shape index (κ3) is 6.50. The number of hydrogen-bond donors (Lipinski definition) is 3. The highest BCUT2D eigenvalue weighted by molar-refractivity contribution is 7.99. The lowest BCUT2D eigenvalue weighted by Gasteiger charge is -2.25. The molecule has 1 aliphatic rings. The Hall–Kier alpha value is -3.07. The molecule has 0 radical (unpaired) electrons. The number of nitrogens with zero attached hydrogens (tertiary/aromatic N) is 3. The van der Waals surface area contributed by atoms with E-state index < -0.39 is 5.91 Å². The summed E-state index contributed by atoms with van der Waals surface area (Å²) in [5.41, 5.74) is 0.986. The summed E-state index contributed by atoms with van der Waals surface area (Å²) in [7, 11) is 0. The molecule has 1 fully saturated rings. The van der Waals surface area contributed by atoms with Crippen LogP contribution in [0.3, 0.4) is 0 Å². The number of thiazole rings is 1. The number of thioether (sulfide) groups is 1. The maximum Gasteiger partial charge on any atom is 0.270 e. The fourth-order valence-electron chi connectivity index (χ4n) is 3.44. The van der Waals surface area contributed by atoms with E-state index in [1.54, 1.807) is 26.1 Å². The number of hydrogen-bond acceptors (Lipinski definition) is 8. The molecule has 1 aliphatic heterocycles. The second-order valence-corrected chi connectivity index (χ2v) is 9.73. The quantitative estimate of drug-likeness (QED) is 0.485. The average molecular weight is 501 g/mol. The van der Waals surface area contributed by atoms with Crippen LogP contribution in [0.4, 0.5) is 11.4 Å². The molecule has 0 unspecified atom stereocenters. The van der Waals surface area contributed by atoms with Crippen LogP contribution in [0.25, 0.3) is 11.8 Å². The average Bonchev–Trinajstić information content (AvgIpc) is 3.14. The first-order chi connectivity index (χ1) is 16.5. The summed E-state index contributed by atoms with van der Waals surface area (Å²) in [4.78, 5) is 39.6. The smallest absolute Gasteiger partial charge is 0.270 e. The predicted octanol–water partition coefficient (Wildman–Crippen LogP) is 0.577. The molecular formula is C23H28N6O3S2. The van der Waals surface area contributed by atoms with Crippen molar-refractivity contribution < 1.29 is 9.59 Å². The predicted molar refractivity (Wildman–Crippen MR) is 138 cm³/mol. The second kappa shape index (κ2) is 12.4. The molecule has 3 rings (SSSR count). The van der Waals surface area contributed by atoms with Crippen LogP contribution < -0.4 is 30.7 Å². The number of rotatable bonds is 8. The van der Waals surface area contributed by atoms with Crippen LogP contribution in [-0.4, -0.2) is 59.0 Å². The minimum Gasteiger partial charge on any atom is -0.360 e. The minimum atomic E-state index is -0.500. The molecule has 2 heterocycles. The van der Waals surface area contributed by atoms with Crippen molar-refractivity contribution in [3.05, 3.63) is 43.8 Å². The van der Waals surface area contributed by atoms with Gasteiger partial charge in [0.2, 0.25) is 5.91 Å². The molecule has 1 saturated heterocycles. The normalized spacial score (nSPS) is 15.4. The monoisotopic (exact) mass is 500 g/mol. The number of carbonyl (C=O) groups is 2. The third-order valence-corrected chi connectivity index (χ3v) is 7.17. The molecule has 0 aliphatic carbocycles. The molecule has 3 N–H and O–H groups in total. The van der Waals surface area contributed by atoms with Gasteiger partial charge in [-0.3, -0.25) is 23.9 Å². The van der Waals surface area contributed by atoms with Gasteiger partial charge >= 0.3 is 0 Å². The molecule has 2 aromatic rings. The van der Waals surface area contributed by atoms with Crippen LogP contribution in [0.5, 0.6) is 0 Å². The van der Waals surface area contributed by atoms with Crippen LogP contribution in [0.2, 0.25) is 0 Å². The molecule has 2 amide bonds. The van der Waals surface area contributed by atoms with Crippen LogP contribution in [0, 0.1) is 11.3 Å². The highest BCUT2D eigenvalue weighted by atomic mass is 32.2. The van der Waals surface area contributed by atoms with E-state index in [2.05, 4.69) is 20.9 Å². The molecule has 1 aromatic heterocycles. The van der Waals surface area contributed by atoms with E-state index in [-0.39, 0.29) is 17.0 Å². The van der Waals surface area contributed by atoms with Crippen molar-refractivity contribution in [1.82, 2.24) is 14.8 Å². The molecule has 1 aromatic carbocycles. The summed E-state index contributed by atoms with van der Waals surface area (Å²) in [6.07, 6.45) is 1.56. The van der Waals surface area contributed by atoms with E-state index in [0.29, 0.717) is 40.2 Å². The first-order valence-corrected chi connectivity index (χ1v) is 13.0. The van der Waals surface area contributed by atoms with Gasteiger partial charge < -0.3 is 16.0 Å². The number of anilines is 2. The zero-order chi connectivity index (χ0) is 24.5. The molecule has 0 spiro atoms. The molecular weight excluding hydrogens is 472 g/mol. The van der Waals surface area contributed by atoms with Gasteiger partial charge in [0.05, 0.1) is 6.54 Å². The summed E-state index contributed by atoms with van der Waals surface area (Å²) in [5.74, 6) is 1.53. The lowest BCUT2D eigenvalue weighted by molar-refractivity contribution is -0.117. The van der Waals surface area contributed by atoms with Crippen molar-refractivity contribution in [2.75, 3.05) is 48.3 Å². The first-order valence-electron chi connectivity index (χ1n) is 11.1. The van der Waals surface area contributed by atoms with E-state index in [9.17, 15) is 19.6 Å². The topological polar surface area (TPSA) is 119 Å². The largest absolute Gasteiger partial charge is 0.360 e. The van der Waals surface area contributed by atoms with Crippen molar-refractivity contribution in [3.63, 3.8) is 0 Å². The van der Waals surface area contributed by atoms with Gasteiger partial charge in [-0.2, -0.15) is 17.0 Å². The van der Waals surface area contributed by atoms with E-state index in [1.165, 1.54) is 4.57 Å². The molecule has 0 atom stereocenters. The van der Waals surface area contributed by atoms with E-state index in [1.807, 2.05) is 36.0 Å². The Morgan fingerprint density at radius 2 is 1.94 bits per heavy atom. The van der Waals surface area contributed by atoms with E-state index in [4.69, 9.17) is 0 Å². The lowest BCUT2D eigenvalue weighted by Crippen LogP contribution is -2.38. The maximum absolute atomic E-state index is 12.8. The number of nitriles is 1. The minimum absolute atomic E-state index is 0.0633. The molecule has 34 heavy (non-hydrogen) atoms. The fourth-order valence-corrected chi connectivity index (χ4v) is 5.50. The van der Waals surface area contributed by atoms with Gasteiger partial charge in [-0.15, -0.1) is 11.3 Å². The number of carbonyl (C=O) groups excluding carboxylic acids is 2. The van der Waals surface area contributed by atoms with Crippen LogP contribution in [0.1, 0.15) is 13.8 Å². The fraction of sp³-hybridized carbons (Fsp3) is 0.391. The number of amides is 2. The van der Waals surface area contributed by atoms with Crippen molar-refractivity contribution in [1.29, 1.82) is 5.26 Å². The highest BCUT2D eigenvalue weighted by Gasteiger charge is 2.15. The summed E-state index contributed by atoms with van der Waals surface area (Å²) in [5, 5.41) is 18.1. The Labute approximate surface area is 206 Å². The molecule has 9 nitrogen and oxygen atoms in total. The van der Waals surface area contributed by atoms with Crippen molar-refractivity contribution in [3.8, 4) is 6.07 Å². The van der Waals surface area contributed by atoms with Gasteiger partial charge in [-0.25, -0.2) is 0 Å². The Kier molecular flexibility index (Phi) is 9.33. The van der Waals surface area contributed by atoms with E-state index >= 15 is 0 Å². The van der Waals surface area contributed by atoms with Gasteiger partial charge in [0, 0.05) is 55.3 Å². The van der Waals surface area contributed by atoms with Gasteiger partial charge in [0.15, 0.2) is 5.57 Å². The van der Waals surface area contributed by atoms with Gasteiger partial charge in [0.25, 0.3) is 11.5 Å². The number of benzene rings is 1. The van der Waals surface area contributed by atoms with Gasteiger partial charge in [0.1, 0.15) is 15.3 Å². The van der Waals surface area contributed by atoms with Crippen LogP contribution in [0.15, 0.2) is 29.1 Å². The van der Waals surface area contributed by atoms with Gasteiger partial charge in [-0.1, -0.05) is 6.07 Å². The summed E-state index contributed by atoms with van der Waals surface area (Å²) in [6, 6.07) is 9.15. The first kappa shape index (κ1) is 25.6. The summed E-state index contributed by atoms with van der Waals surface area (Å²) < 4.78 is 2.11. The van der Waals surface area contributed by atoms with Crippen molar-refractivity contribution in [2.24, 2.45) is 0 Å². The summed E-state index contributed by atoms with van der Waals surface area (Å²) >= 11 is 2.99. The van der Waals surface area contributed by atoms with Crippen molar-refractivity contribution in [2.45, 2.75) is 20.4 Å². The van der Waals surface area contributed by atoms with Crippen LogP contribution in [-0.2, 0) is 16.1 Å². The number of aromatic nitrogens is 1. The molecule has 180 valence electrons. The van der Waals surface area contributed by atoms with Crippen molar-refractivity contribution >= 4 is 58.1 Å². The van der Waals surface area contributed by atoms with E-state index in [0.717, 1.165) is 35.9 Å². The molecule has 0 bridgehead atoms. The molecule has 11 heteroatoms. The standard InChI is InChI=1S/C23H28N6O3S2/c1-3-25-21(31)18(13-24)23-29(4-2)22(32)19(34-23)14-26-16-6-5-7-17(12-16)27-20(30)15-28-8-10-33-11-9-28/h5-7,12,14,26H,3-4,8-11,15H2,1-2H3,(H,25,31)(H,27,30)/b19-14+,23-18-. The Morgan fingerprint density at radius 3 is 2.62 bits per heavy atom. The Morgan fingerprint density at radius 1 is 1.21 bits per heavy atom. The molecule has 0 saturated carbocycles. The van der Waals surface area contributed by atoms with Crippen LogP contribution >= 0.6 is 23.1 Å². The SMILES string of the molecule is CCNC(=O)/C(C#N)=c1\s/c(=C/Nc2cccc(NC(=O)CN3CCSCC3)c2)c(=O)n1CC. The Bertz CT molecular complexity index is 1250. The lowest BCUT2D eigenvalue weighted by atomic mass is 10.2. The van der Waals surface area contributed by atoms with Gasteiger partial charge in [-0.05, 0) is 32.0 Å². The summed E-state index contributed by atoms with van der Waals surface area (Å²) in [6.45, 7) is 6.46. The Balaban J connectivity index is 1.80. The maximum atomic E-state index is 12.8. The second-order valence-electron chi connectivity index (χ2n) is 7.47. The number of nitrogens with one attached hydrogen (secondary N) is 3. The third-order valence-electron chi connectivity index (χ3n) is 5.10. The highest BCUT2D eigenvalue weighted by Crippen LogP contribution is 2.15. The zero-order valence-electron chi connectivity index (χ0n) is 19.2.